The fraction of sp³-hybridized carbons (Fsp3) is 0.400. The van der Waals surface area contributed by atoms with Gasteiger partial charge in [-0.2, -0.15) is 8.42 Å². The van der Waals surface area contributed by atoms with Crippen LogP contribution in [0.4, 0.5) is 0 Å². The summed E-state index contributed by atoms with van der Waals surface area (Å²) < 4.78 is 39.3. The minimum atomic E-state index is -4.38. The summed E-state index contributed by atoms with van der Waals surface area (Å²) in [5.41, 5.74) is 0.285. The third kappa shape index (κ3) is 5.07. The van der Waals surface area contributed by atoms with Gasteiger partial charge in [0.15, 0.2) is 11.5 Å². The summed E-state index contributed by atoms with van der Waals surface area (Å²) in [4.78, 5) is 0. The van der Waals surface area contributed by atoms with Crippen LogP contribution in [0.3, 0.4) is 0 Å². The summed E-state index contributed by atoms with van der Waals surface area (Å²) >= 11 is 0. The Balaban J connectivity index is 1.80. The van der Waals surface area contributed by atoms with E-state index in [2.05, 4.69) is 0 Å². The molecule has 0 bridgehead atoms. The predicted molar refractivity (Wildman–Crippen MR) is 106 cm³/mol. The quantitative estimate of drug-likeness (QED) is 0.551. The molecule has 164 valence electrons. The number of fused-ring (bicyclic) bond motifs is 1. The first-order valence-electron chi connectivity index (χ1n) is 9.16. The van der Waals surface area contributed by atoms with Gasteiger partial charge in [-0.05, 0) is 23.1 Å². The lowest BCUT2D eigenvalue weighted by atomic mass is 9.94. The van der Waals surface area contributed by atoms with E-state index in [4.69, 9.17) is 13.1 Å². The van der Waals surface area contributed by atoms with Crippen LogP contribution < -0.4 is 8.92 Å². The molecular formula is C20H24O9S. The van der Waals surface area contributed by atoms with E-state index in [1.54, 1.807) is 20.8 Å². The number of phenolic OH excluding ortho intramolecular Hbond substituents is 3. The van der Waals surface area contributed by atoms with E-state index >= 15 is 0 Å². The zero-order chi connectivity index (χ0) is 22.3. The number of benzene rings is 2. The Morgan fingerprint density at radius 3 is 2.43 bits per heavy atom. The van der Waals surface area contributed by atoms with Crippen LogP contribution in [0.2, 0.25) is 0 Å². The van der Waals surface area contributed by atoms with Gasteiger partial charge >= 0.3 is 10.4 Å². The second kappa shape index (κ2) is 7.86. The fourth-order valence-electron chi connectivity index (χ4n) is 2.91. The van der Waals surface area contributed by atoms with Gasteiger partial charge in [-0.25, -0.2) is 4.18 Å². The van der Waals surface area contributed by atoms with Gasteiger partial charge in [0.05, 0.1) is 12.7 Å². The monoisotopic (exact) mass is 440 g/mol. The molecule has 10 heteroatoms. The maximum Gasteiger partial charge on any atom is 0.449 e. The highest BCUT2D eigenvalue weighted by atomic mass is 32.3. The lowest BCUT2D eigenvalue weighted by Gasteiger charge is -2.31. The largest absolute Gasteiger partial charge is 0.508 e. The summed E-state index contributed by atoms with van der Waals surface area (Å²) in [5, 5.41) is 40.2. The van der Waals surface area contributed by atoms with E-state index in [1.807, 2.05) is 0 Å². The molecular weight excluding hydrogens is 416 g/mol. The first-order chi connectivity index (χ1) is 13.8. The standard InChI is InChI=1S/C20H24O9S/c1-20(2,3)10-27-30(25,26)29-17-5-4-11(6-15(17)23)19-16(24)9-13-14(22)7-12(21)8-18(13)28-19/h4-8,16,19,21-24H,9-10H2,1-3H3. The lowest BCUT2D eigenvalue weighted by molar-refractivity contribution is 0.0197. The Bertz CT molecular complexity index is 1040. The molecule has 0 saturated carbocycles. The summed E-state index contributed by atoms with van der Waals surface area (Å²) in [6.45, 7) is 5.28. The predicted octanol–water partition coefficient (Wildman–Crippen LogP) is 2.53. The minimum Gasteiger partial charge on any atom is -0.508 e. The number of aliphatic hydroxyl groups excluding tert-OH is 1. The van der Waals surface area contributed by atoms with E-state index in [0.717, 1.165) is 6.07 Å². The fourth-order valence-corrected chi connectivity index (χ4v) is 3.82. The molecule has 2 atom stereocenters. The maximum absolute atomic E-state index is 12.0. The van der Waals surface area contributed by atoms with Crippen LogP contribution in [0.15, 0.2) is 30.3 Å². The Morgan fingerprint density at radius 1 is 1.10 bits per heavy atom. The maximum atomic E-state index is 12.0. The van der Waals surface area contributed by atoms with E-state index in [-0.39, 0.29) is 36.0 Å². The number of aromatic hydroxyl groups is 3. The molecule has 2 aromatic rings. The number of phenols is 3. The molecule has 0 amide bonds. The smallest absolute Gasteiger partial charge is 0.449 e. The van der Waals surface area contributed by atoms with Gasteiger partial charge in [-0.1, -0.05) is 26.8 Å². The average molecular weight is 440 g/mol. The highest BCUT2D eigenvalue weighted by molar-refractivity contribution is 7.82. The molecule has 1 aliphatic rings. The summed E-state index contributed by atoms with van der Waals surface area (Å²) in [6.07, 6.45) is -1.93. The first kappa shape index (κ1) is 22.0. The van der Waals surface area contributed by atoms with Crippen LogP contribution in [0, 0.1) is 5.41 Å². The second-order valence-electron chi connectivity index (χ2n) is 8.29. The van der Waals surface area contributed by atoms with Crippen LogP contribution in [0.25, 0.3) is 0 Å². The molecule has 2 aromatic carbocycles. The highest BCUT2D eigenvalue weighted by Crippen LogP contribution is 2.43. The Morgan fingerprint density at radius 2 is 1.80 bits per heavy atom. The number of ether oxygens (including phenoxy) is 1. The second-order valence-corrected chi connectivity index (χ2v) is 9.51. The average Bonchev–Trinajstić information content (AvgIpc) is 2.61. The van der Waals surface area contributed by atoms with Gasteiger partial charge in [0.2, 0.25) is 0 Å². The van der Waals surface area contributed by atoms with Crippen molar-refractivity contribution in [3.05, 3.63) is 41.5 Å². The van der Waals surface area contributed by atoms with Crippen LogP contribution in [-0.4, -0.2) is 41.6 Å². The molecule has 1 aliphatic heterocycles. The number of rotatable bonds is 5. The van der Waals surface area contributed by atoms with Gasteiger partial charge in [0.1, 0.15) is 23.4 Å². The van der Waals surface area contributed by atoms with Gasteiger partial charge in [-0.15, -0.1) is 0 Å². The molecule has 3 rings (SSSR count). The van der Waals surface area contributed by atoms with Crippen molar-refractivity contribution in [3.63, 3.8) is 0 Å². The molecule has 0 fully saturated rings. The number of hydrogen-bond acceptors (Lipinski definition) is 9. The third-order valence-electron chi connectivity index (χ3n) is 4.33. The molecule has 0 saturated heterocycles. The Kier molecular flexibility index (Phi) is 5.76. The van der Waals surface area contributed by atoms with Gasteiger partial charge in [0.25, 0.3) is 0 Å². The zero-order valence-corrected chi connectivity index (χ0v) is 17.5. The van der Waals surface area contributed by atoms with Crippen LogP contribution >= 0.6 is 0 Å². The third-order valence-corrected chi connectivity index (χ3v) is 5.12. The first-order valence-corrected chi connectivity index (χ1v) is 10.5. The minimum absolute atomic E-state index is 0.0557. The summed E-state index contributed by atoms with van der Waals surface area (Å²) in [6, 6.07) is 6.31. The van der Waals surface area contributed by atoms with Crippen molar-refractivity contribution in [3.8, 4) is 28.7 Å². The Hall–Kier alpha value is -2.69. The normalized spacial score (nSPS) is 19.1. The zero-order valence-electron chi connectivity index (χ0n) is 16.7. The topological polar surface area (TPSA) is 143 Å². The molecule has 2 unspecified atom stereocenters. The van der Waals surface area contributed by atoms with Crippen molar-refractivity contribution in [2.75, 3.05) is 6.61 Å². The number of hydrogen-bond donors (Lipinski definition) is 4. The van der Waals surface area contributed by atoms with Crippen molar-refractivity contribution in [1.29, 1.82) is 0 Å². The van der Waals surface area contributed by atoms with E-state index in [1.165, 1.54) is 24.3 Å². The number of aliphatic hydroxyl groups is 1. The van der Waals surface area contributed by atoms with Crippen molar-refractivity contribution in [2.45, 2.75) is 39.4 Å². The molecule has 30 heavy (non-hydrogen) atoms. The molecule has 0 spiro atoms. The highest BCUT2D eigenvalue weighted by Gasteiger charge is 2.33. The molecule has 0 radical (unpaired) electrons. The molecule has 0 aliphatic carbocycles. The van der Waals surface area contributed by atoms with Crippen molar-refractivity contribution in [2.24, 2.45) is 5.41 Å². The van der Waals surface area contributed by atoms with Crippen molar-refractivity contribution >= 4 is 10.4 Å². The Labute approximate surface area is 174 Å². The SMILES string of the molecule is CC(C)(C)COS(=O)(=O)Oc1ccc(C2Oc3cc(O)cc(O)c3CC2O)cc1O. The van der Waals surface area contributed by atoms with E-state index in [9.17, 15) is 28.8 Å². The van der Waals surface area contributed by atoms with E-state index < -0.39 is 33.8 Å². The van der Waals surface area contributed by atoms with Gasteiger partial charge in [-0.3, -0.25) is 0 Å². The summed E-state index contributed by atoms with van der Waals surface area (Å²) in [7, 11) is -4.38. The molecule has 1 heterocycles. The molecule has 0 aromatic heterocycles. The van der Waals surface area contributed by atoms with Crippen LogP contribution in [0.5, 0.6) is 28.7 Å². The van der Waals surface area contributed by atoms with Crippen molar-refractivity contribution in [1.82, 2.24) is 0 Å². The van der Waals surface area contributed by atoms with Gasteiger partial charge < -0.3 is 29.3 Å². The van der Waals surface area contributed by atoms with Crippen LogP contribution in [-0.2, 0) is 21.0 Å². The van der Waals surface area contributed by atoms with E-state index in [0.29, 0.717) is 11.1 Å². The molecule has 9 nitrogen and oxygen atoms in total. The molecule has 4 N–H and O–H groups in total. The lowest BCUT2D eigenvalue weighted by Crippen LogP contribution is -2.30. The van der Waals surface area contributed by atoms with Crippen molar-refractivity contribution < 1.29 is 41.9 Å². The van der Waals surface area contributed by atoms with Gasteiger partial charge in [0, 0.05) is 24.1 Å². The summed E-state index contributed by atoms with van der Waals surface area (Å²) in [5.74, 6) is -1.03. The van der Waals surface area contributed by atoms with Crippen LogP contribution in [0.1, 0.15) is 38.0 Å².